The molecule has 0 aromatic heterocycles. The fraction of sp³-hybridized carbons (Fsp3) is 0.833. The van der Waals surface area contributed by atoms with Crippen molar-refractivity contribution in [2.45, 2.75) is 52.6 Å². The Morgan fingerprint density at radius 3 is 1.61 bits per heavy atom. The molecule has 108 valence electrons. The SMILES string of the molecule is CC(C)C[C@H](N)C(=O)O.CCC(C)[C@@H](N)C(=O)O. The minimum absolute atomic E-state index is 0.0718. The zero-order valence-electron chi connectivity index (χ0n) is 11.6. The topological polar surface area (TPSA) is 127 Å². The van der Waals surface area contributed by atoms with E-state index >= 15 is 0 Å². The Bertz CT molecular complexity index is 256. The first kappa shape index (κ1) is 19.2. The molecule has 0 fully saturated rings. The van der Waals surface area contributed by atoms with E-state index in [-0.39, 0.29) is 5.92 Å². The van der Waals surface area contributed by atoms with Gasteiger partial charge >= 0.3 is 11.9 Å². The zero-order chi connectivity index (χ0) is 14.9. The van der Waals surface area contributed by atoms with Crippen LogP contribution in [-0.2, 0) is 9.59 Å². The van der Waals surface area contributed by atoms with Crippen molar-refractivity contribution in [1.82, 2.24) is 0 Å². The van der Waals surface area contributed by atoms with E-state index in [0.717, 1.165) is 6.42 Å². The van der Waals surface area contributed by atoms with Crippen LogP contribution in [0.4, 0.5) is 0 Å². The molecule has 0 aromatic rings. The van der Waals surface area contributed by atoms with Crippen molar-refractivity contribution in [3.05, 3.63) is 0 Å². The summed E-state index contributed by atoms with van der Waals surface area (Å²) in [6.07, 6.45) is 1.36. The van der Waals surface area contributed by atoms with Crippen LogP contribution in [0.5, 0.6) is 0 Å². The molecule has 0 heterocycles. The molecule has 0 spiro atoms. The molecular formula is C12H26N2O4. The highest BCUT2D eigenvalue weighted by Gasteiger charge is 2.17. The first-order valence-corrected chi connectivity index (χ1v) is 6.10. The van der Waals surface area contributed by atoms with Gasteiger partial charge in [-0.3, -0.25) is 9.59 Å². The molecule has 6 N–H and O–H groups in total. The maximum atomic E-state index is 10.2. The Kier molecular flexibility index (Phi) is 10.5. The van der Waals surface area contributed by atoms with E-state index < -0.39 is 24.0 Å². The van der Waals surface area contributed by atoms with Crippen molar-refractivity contribution < 1.29 is 19.8 Å². The highest BCUT2D eigenvalue weighted by atomic mass is 16.4. The molecule has 0 saturated carbocycles. The van der Waals surface area contributed by atoms with Crippen molar-refractivity contribution in [2.24, 2.45) is 23.3 Å². The van der Waals surface area contributed by atoms with E-state index in [4.69, 9.17) is 21.7 Å². The second-order valence-corrected chi connectivity index (χ2v) is 4.82. The third-order valence-electron chi connectivity index (χ3n) is 2.58. The summed E-state index contributed by atoms with van der Waals surface area (Å²) in [7, 11) is 0. The van der Waals surface area contributed by atoms with Crippen LogP contribution in [0, 0.1) is 11.8 Å². The van der Waals surface area contributed by atoms with E-state index in [0.29, 0.717) is 12.3 Å². The molecule has 0 aromatic carbocycles. The standard InChI is InChI=1S/2C6H13NO2/c1-4(2)3-5(7)6(8)9;1-3-4(2)5(7)6(8)9/h2*4-5H,3,7H2,1-2H3,(H,8,9)/t5-;4?,5-/m01/s1. The van der Waals surface area contributed by atoms with Gasteiger partial charge in [0.2, 0.25) is 0 Å². The number of carboxylic acid groups (broad SMARTS) is 2. The highest BCUT2D eigenvalue weighted by Crippen LogP contribution is 2.04. The minimum Gasteiger partial charge on any atom is -0.480 e. The average Bonchev–Trinajstić information content (AvgIpc) is 2.26. The molecule has 0 aliphatic carbocycles. The number of carbonyl (C=O) groups is 2. The molecule has 3 atom stereocenters. The molecule has 0 aliphatic heterocycles. The molecule has 1 unspecified atom stereocenters. The Hall–Kier alpha value is -1.14. The molecule has 18 heavy (non-hydrogen) atoms. The zero-order valence-corrected chi connectivity index (χ0v) is 11.6. The van der Waals surface area contributed by atoms with Crippen LogP contribution in [0.3, 0.4) is 0 Å². The summed E-state index contributed by atoms with van der Waals surface area (Å²) in [5, 5.41) is 16.7. The largest absolute Gasteiger partial charge is 0.480 e. The Labute approximate surface area is 108 Å². The molecule has 6 nitrogen and oxygen atoms in total. The first-order chi connectivity index (χ1) is 8.13. The fourth-order valence-electron chi connectivity index (χ4n) is 1.11. The van der Waals surface area contributed by atoms with Crippen molar-refractivity contribution in [3.63, 3.8) is 0 Å². The summed E-state index contributed by atoms with van der Waals surface area (Å²) in [4.78, 5) is 20.3. The summed E-state index contributed by atoms with van der Waals surface area (Å²) < 4.78 is 0. The highest BCUT2D eigenvalue weighted by molar-refractivity contribution is 5.73. The second kappa shape index (κ2) is 9.85. The summed E-state index contributed by atoms with van der Waals surface area (Å²) in [5.41, 5.74) is 10.5. The van der Waals surface area contributed by atoms with E-state index in [1.165, 1.54) is 0 Å². The molecule has 6 heteroatoms. The number of aliphatic carboxylic acids is 2. The van der Waals surface area contributed by atoms with Crippen LogP contribution >= 0.6 is 0 Å². The van der Waals surface area contributed by atoms with Crippen LogP contribution in [0.1, 0.15) is 40.5 Å². The number of carboxylic acids is 2. The van der Waals surface area contributed by atoms with Gasteiger partial charge in [0.1, 0.15) is 12.1 Å². The summed E-state index contributed by atoms with van der Waals surface area (Å²) >= 11 is 0. The summed E-state index contributed by atoms with van der Waals surface area (Å²) in [6, 6.07) is -1.39. The van der Waals surface area contributed by atoms with Gasteiger partial charge in [-0.15, -0.1) is 0 Å². The van der Waals surface area contributed by atoms with Crippen LogP contribution in [0.25, 0.3) is 0 Å². The monoisotopic (exact) mass is 262 g/mol. The third-order valence-corrected chi connectivity index (χ3v) is 2.58. The average molecular weight is 262 g/mol. The van der Waals surface area contributed by atoms with Crippen LogP contribution in [0.2, 0.25) is 0 Å². The molecule has 0 rings (SSSR count). The molecule has 0 radical (unpaired) electrons. The van der Waals surface area contributed by atoms with Gasteiger partial charge in [0.05, 0.1) is 0 Å². The second-order valence-electron chi connectivity index (χ2n) is 4.82. The fourth-order valence-corrected chi connectivity index (χ4v) is 1.11. The molecule has 0 saturated heterocycles. The lowest BCUT2D eigenvalue weighted by Gasteiger charge is -2.11. The first-order valence-electron chi connectivity index (χ1n) is 6.10. The van der Waals surface area contributed by atoms with E-state index in [9.17, 15) is 9.59 Å². The van der Waals surface area contributed by atoms with Crippen molar-refractivity contribution >= 4 is 11.9 Å². The van der Waals surface area contributed by atoms with Crippen molar-refractivity contribution in [3.8, 4) is 0 Å². The Morgan fingerprint density at radius 2 is 1.50 bits per heavy atom. The Balaban J connectivity index is 0. The van der Waals surface area contributed by atoms with E-state index in [2.05, 4.69) is 0 Å². The predicted octanol–water partition coefficient (Wildman–Crippen LogP) is 0.889. The lowest BCUT2D eigenvalue weighted by molar-refractivity contribution is -0.140. The Morgan fingerprint density at radius 1 is 1.06 bits per heavy atom. The van der Waals surface area contributed by atoms with Gasteiger partial charge < -0.3 is 21.7 Å². The van der Waals surface area contributed by atoms with Crippen molar-refractivity contribution in [2.75, 3.05) is 0 Å². The molecule has 0 bridgehead atoms. The maximum Gasteiger partial charge on any atom is 0.320 e. The van der Waals surface area contributed by atoms with Crippen LogP contribution < -0.4 is 11.5 Å². The number of hydrogen-bond acceptors (Lipinski definition) is 4. The minimum atomic E-state index is -0.913. The van der Waals surface area contributed by atoms with Gasteiger partial charge in [-0.1, -0.05) is 34.1 Å². The van der Waals surface area contributed by atoms with E-state index in [1.54, 1.807) is 0 Å². The predicted molar refractivity (Wildman–Crippen MR) is 70.1 cm³/mol. The smallest absolute Gasteiger partial charge is 0.320 e. The molecular weight excluding hydrogens is 236 g/mol. The summed E-state index contributed by atoms with van der Waals surface area (Å²) in [6.45, 7) is 7.65. The molecule has 0 aliphatic rings. The van der Waals surface area contributed by atoms with Gasteiger partial charge in [0, 0.05) is 0 Å². The third kappa shape index (κ3) is 10.0. The number of hydrogen-bond donors (Lipinski definition) is 4. The van der Waals surface area contributed by atoms with Gasteiger partial charge in [-0.05, 0) is 18.3 Å². The number of nitrogens with two attached hydrogens (primary N) is 2. The van der Waals surface area contributed by atoms with Crippen molar-refractivity contribution in [1.29, 1.82) is 0 Å². The quantitative estimate of drug-likeness (QED) is 0.563. The van der Waals surface area contributed by atoms with Gasteiger partial charge in [-0.25, -0.2) is 0 Å². The van der Waals surface area contributed by atoms with Gasteiger partial charge in [0.15, 0.2) is 0 Å². The number of rotatable bonds is 6. The summed E-state index contributed by atoms with van der Waals surface area (Å²) in [5.74, 6) is -1.40. The van der Waals surface area contributed by atoms with Gasteiger partial charge in [-0.2, -0.15) is 0 Å². The van der Waals surface area contributed by atoms with Crippen LogP contribution in [-0.4, -0.2) is 34.2 Å². The normalized spacial score (nSPS) is 15.3. The molecule has 0 amide bonds. The van der Waals surface area contributed by atoms with E-state index in [1.807, 2.05) is 27.7 Å². The lowest BCUT2D eigenvalue weighted by atomic mass is 10.0. The lowest BCUT2D eigenvalue weighted by Crippen LogP contribution is -2.36. The van der Waals surface area contributed by atoms with Crippen LogP contribution in [0.15, 0.2) is 0 Å². The maximum absolute atomic E-state index is 10.2. The van der Waals surface area contributed by atoms with Gasteiger partial charge in [0.25, 0.3) is 0 Å².